The fourth-order valence-corrected chi connectivity index (χ4v) is 3.43. The lowest BCUT2D eigenvalue weighted by Crippen LogP contribution is -2.36. The summed E-state index contributed by atoms with van der Waals surface area (Å²) in [7, 11) is 3.04. The Morgan fingerprint density at radius 2 is 1.68 bits per heavy atom. The number of ether oxygens (including phenoxy) is 1. The molecule has 0 atom stereocenters. The van der Waals surface area contributed by atoms with Crippen LogP contribution in [0.2, 0.25) is 0 Å². The van der Waals surface area contributed by atoms with Gasteiger partial charge in [0.05, 0.1) is 13.7 Å². The van der Waals surface area contributed by atoms with Gasteiger partial charge in [-0.05, 0) is 44.9 Å². The molecular weight excluding hydrogens is 356 g/mol. The summed E-state index contributed by atoms with van der Waals surface area (Å²) in [5.74, 6) is -0.840. The quantitative estimate of drug-likeness (QED) is 0.541. The number of Topliss-reactive ketones (excluding diaryl/α,β-unsaturated/α-hetero) is 1. The number of nitrogens with zero attached hydrogens (tertiary/aromatic N) is 2. The predicted molar refractivity (Wildman–Crippen MR) is 108 cm³/mol. The van der Waals surface area contributed by atoms with Gasteiger partial charge >= 0.3 is 5.97 Å². The third-order valence-electron chi connectivity index (χ3n) is 5.00. The Balaban J connectivity index is 2.34. The van der Waals surface area contributed by atoms with Crippen molar-refractivity contribution in [3.8, 4) is 0 Å². The van der Waals surface area contributed by atoms with Gasteiger partial charge in [-0.1, -0.05) is 24.6 Å². The molecule has 2 rings (SSSR count). The van der Waals surface area contributed by atoms with Gasteiger partial charge < -0.3 is 14.2 Å². The van der Waals surface area contributed by atoms with E-state index in [4.69, 9.17) is 4.74 Å². The van der Waals surface area contributed by atoms with Crippen LogP contribution in [0.4, 0.5) is 0 Å². The normalized spacial score (nSPS) is 10.6. The fraction of sp³-hybridized carbons (Fsp3) is 0.409. The van der Waals surface area contributed by atoms with Crippen molar-refractivity contribution in [3.05, 3.63) is 57.9 Å². The van der Waals surface area contributed by atoms with Crippen LogP contribution in [0.1, 0.15) is 61.4 Å². The molecule has 1 aromatic heterocycles. The Hall–Kier alpha value is -2.89. The number of aromatic nitrogens is 1. The van der Waals surface area contributed by atoms with Crippen molar-refractivity contribution < 1.29 is 19.1 Å². The van der Waals surface area contributed by atoms with Gasteiger partial charge in [0.2, 0.25) is 0 Å². The molecule has 0 unspecified atom stereocenters. The molecule has 0 radical (unpaired) electrons. The van der Waals surface area contributed by atoms with Crippen molar-refractivity contribution in [2.45, 2.75) is 34.1 Å². The van der Waals surface area contributed by atoms with E-state index in [2.05, 4.69) is 0 Å². The minimum Gasteiger partial charge on any atom is -0.464 e. The summed E-state index contributed by atoms with van der Waals surface area (Å²) in [5, 5.41) is 0. The topological polar surface area (TPSA) is 68.6 Å². The zero-order valence-electron chi connectivity index (χ0n) is 17.5. The second-order valence-corrected chi connectivity index (χ2v) is 7.00. The molecule has 2 aromatic rings. The molecular formula is C22H28N2O4. The van der Waals surface area contributed by atoms with Crippen LogP contribution >= 0.6 is 0 Å². The predicted octanol–water partition coefficient (Wildman–Crippen LogP) is 3.47. The number of ketones is 1. The molecule has 150 valence electrons. The standard InChI is InChI=1S/C22H28N2O4/c1-7-12-24(21(26)17-10-8-14(2)9-11-17)13-18(25)19-15(3)20(22(27)28-6)23(5)16(19)4/h8-11H,7,12-13H2,1-6H3. The van der Waals surface area contributed by atoms with Crippen LogP contribution in [0.25, 0.3) is 0 Å². The lowest BCUT2D eigenvalue weighted by molar-refractivity contribution is 0.0588. The van der Waals surface area contributed by atoms with Gasteiger partial charge in [-0.15, -0.1) is 0 Å². The molecule has 0 saturated carbocycles. The van der Waals surface area contributed by atoms with Gasteiger partial charge in [0, 0.05) is 30.4 Å². The maximum Gasteiger partial charge on any atom is 0.354 e. The van der Waals surface area contributed by atoms with Crippen molar-refractivity contribution >= 4 is 17.7 Å². The number of aryl methyl sites for hydroxylation is 1. The number of esters is 1. The number of benzene rings is 1. The van der Waals surface area contributed by atoms with Gasteiger partial charge in [0.25, 0.3) is 5.91 Å². The largest absolute Gasteiger partial charge is 0.464 e. The van der Waals surface area contributed by atoms with E-state index in [9.17, 15) is 14.4 Å². The Morgan fingerprint density at radius 1 is 1.07 bits per heavy atom. The van der Waals surface area contributed by atoms with E-state index >= 15 is 0 Å². The van der Waals surface area contributed by atoms with Gasteiger partial charge in [-0.25, -0.2) is 4.79 Å². The molecule has 0 aliphatic heterocycles. The van der Waals surface area contributed by atoms with Crippen LogP contribution in [0, 0.1) is 20.8 Å². The number of carbonyl (C=O) groups is 3. The van der Waals surface area contributed by atoms with E-state index in [0.29, 0.717) is 34.6 Å². The van der Waals surface area contributed by atoms with E-state index in [1.807, 2.05) is 26.0 Å². The molecule has 6 nitrogen and oxygen atoms in total. The van der Waals surface area contributed by atoms with Crippen molar-refractivity contribution in [2.24, 2.45) is 7.05 Å². The van der Waals surface area contributed by atoms with Crippen LogP contribution in [-0.2, 0) is 11.8 Å². The highest BCUT2D eigenvalue weighted by molar-refractivity contribution is 6.06. The Morgan fingerprint density at radius 3 is 2.21 bits per heavy atom. The van der Waals surface area contributed by atoms with Crippen LogP contribution in [0.15, 0.2) is 24.3 Å². The second-order valence-electron chi connectivity index (χ2n) is 7.00. The maximum absolute atomic E-state index is 13.1. The number of methoxy groups -OCH3 is 1. The van der Waals surface area contributed by atoms with Gasteiger partial charge in [-0.2, -0.15) is 0 Å². The number of amides is 1. The molecule has 0 N–H and O–H groups in total. The first-order chi connectivity index (χ1) is 13.2. The van der Waals surface area contributed by atoms with Crippen LogP contribution in [0.5, 0.6) is 0 Å². The lowest BCUT2D eigenvalue weighted by Gasteiger charge is -2.22. The molecule has 6 heteroatoms. The van der Waals surface area contributed by atoms with E-state index in [1.165, 1.54) is 7.11 Å². The molecule has 0 aliphatic carbocycles. The first-order valence-corrected chi connectivity index (χ1v) is 9.36. The second kappa shape index (κ2) is 8.87. The zero-order chi connectivity index (χ0) is 21.0. The minimum atomic E-state index is -0.483. The summed E-state index contributed by atoms with van der Waals surface area (Å²) in [4.78, 5) is 39.6. The lowest BCUT2D eigenvalue weighted by atomic mass is 10.0. The number of rotatable bonds is 7. The van der Waals surface area contributed by atoms with E-state index in [-0.39, 0.29) is 18.2 Å². The number of hydrogen-bond acceptors (Lipinski definition) is 4. The summed E-state index contributed by atoms with van der Waals surface area (Å²) in [6, 6.07) is 7.32. The third-order valence-corrected chi connectivity index (χ3v) is 5.00. The molecule has 0 spiro atoms. The van der Waals surface area contributed by atoms with Crippen LogP contribution in [-0.4, -0.2) is 47.3 Å². The highest BCUT2D eigenvalue weighted by Gasteiger charge is 2.27. The summed E-state index contributed by atoms with van der Waals surface area (Å²) < 4.78 is 6.50. The number of hydrogen-bond donors (Lipinski definition) is 0. The SMILES string of the molecule is CCCN(CC(=O)c1c(C)c(C(=O)OC)n(C)c1C)C(=O)c1ccc(C)cc1. The van der Waals surface area contributed by atoms with Crippen molar-refractivity contribution in [1.82, 2.24) is 9.47 Å². The average Bonchev–Trinajstić information content (AvgIpc) is 2.89. The molecule has 28 heavy (non-hydrogen) atoms. The molecule has 0 bridgehead atoms. The van der Waals surface area contributed by atoms with Crippen molar-refractivity contribution in [2.75, 3.05) is 20.2 Å². The maximum atomic E-state index is 13.1. The molecule has 1 amide bonds. The smallest absolute Gasteiger partial charge is 0.354 e. The molecule has 1 heterocycles. The molecule has 0 saturated heterocycles. The minimum absolute atomic E-state index is 0.0349. The average molecular weight is 384 g/mol. The Bertz CT molecular complexity index is 894. The number of carbonyl (C=O) groups excluding carboxylic acids is 3. The van der Waals surface area contributed by atoms with Crippen LogP contribution < -0.4 is 0 Å². The highest BCUT2D eigenvalue weighted by Crippen LogP contribution is 2.23. The molecule has 0 fully saturated rings. The van der Waals surface area contributed by atoms with Gasteiger partial charge in [-0.3, -0.25) is 9.59 Å². The molecule has 0 aliphatic rings. The van der Waals surface area contributed by atoms with Crippen LogP contribution in [0.3, 0.4) is 0 Å². The Labute approximate surface area is 166 Å². The first-order valence-electron chi connectivity index (χ1n) is 9.36. The summed E-state index contributed by atoms with van der Waals surface area (Å²) in [6.45, 7) is 7.90. The zero-order valence-corrected chi connectivity index (χ0v) is 17.5. The van der Waals surface area contributed by atoms with Gasteiger partial charge in [0.1, 0.15) is 5.69 Å². The summed E-state index contributed by atoms with van der Waals surface area (Å²) in [6.07, 6.45) is 0.741. The Kier molecular flexibility index (Phi) is 6.78. The first kappa shape index (κ1) is 21.4. The van der Waals surface area contributed by atoms with E-state index < -0.39 is 5.97 Å². The third kappa shape index (κ3) is 4.16. The van der Waals surface area contributed by atoms with Crippen molar-refractivity contribution in [3.63, 3.8) is 0 Å². The van der Waals surface area contributed by atoms with Crippen molar-refractivity contribution in [1.29, 1.82) is 0 Å². The molecule has 1 aromatic carbocycles. The summed E-state index contributed by atoms with van der Waals surface area (Å²) in [5.41, 5.74) is 3.72. The fourth-order valence-electron chi connectivity index (χ4n) is 3.43. The van der Waals surface area contributed by atoms with E-state index in [1.54, 1.807) is 42.5 Å². The van der Waals surface area contributed by atoms with Gasteiger partial charge in [0.15, 0.2) is 5.78 Å². The van der Waals surface area contributed by atoms with E-state index in [0.717, 1.165) is 12.0 Å². The summed E-state index contributed by atoms with van der Waals surface area (Å²) >= 11 is 0. The monoisotopic (exact) mass is 384 g/mol. The highest BCUT2D eigenvalue weighted by atomic mass is 16.5.